The molecule has 0 unspecified atom stereocenters. The van der Waals surface area contributed by atoms with Crippen molar-refractivity contribution in [3.05, 3.63) is 57.6 Å². The number of nitro groups is 1. The van der Waals surface area contributed by atoms with Gasteiger partial charge < -0.3 is 9.47 Å². The topological polar surface area (TPSA) is 64.8 Å². The summed E-state index contributed by atoms with van der Waals surface area (Å²) in [5.41, 5.74) is 2.78. The van der Waals surface area contributed by atoms with Crippen molar-refractivity contribution in [2.75, 3.05) is 33.1 Å². The Morgan fingerprint density at radius 3 is 2.41 bits per heavy atom. The van der Waals surface area contributed by atoms with Crippen LogP contribution < -0.4 is 9.47 Å². The predicted molar refractivity (Wildman–Crippen MR) is 107 cm³/mol. The molecule has 1 aliphatic rings. The van der Waals surface area contributed by atoms with Gasteiger partial charge in [-0.1, -0.05) is 0 Å². The fraction of sp³-hybridized carbons (Fsp3) is 0.400. The lowest BCUT2D eigenvalue weighted by Gasteiger charge is -2.29. The highest BCUT2D eigenvalue weighted by Gasteiger charge is 2.19. The number of benzene rings is 2. The minimum Gasteiger partial charge on any atom is -0.493 e. The number of hydrogen-bond donors (Lipinski definition) is 0. The Morgan fingerprint density at radius 2 is 1.78 bits per heavy atom. The van der Waals surface area contributed by atoms with Gasteiger partial charge in [-0.25, -0.2) is 0 Å². The molecule has 144 valence electrons. The zero-order valence-electron chi connectivity index (χ0n) is 15.6. The highest BCUT2D eigenvalue weighted by molar-refractivity contribution is 7.99. The Balaban J connectivity index is 1.48. The van der Waals surface area contributed by atoms with Crippen LogP contribution in [0.25, 0.3) is 0 Å². The van der Waals surface area contributed by atoms with Crippen LogP contribution >= 0.6 is 11.8 Å². The van der Waals surface area contributed by atoms with E-state index in [2.05, 4.69) is 17.0 Å². The first-order valence-electron chi connectivity index (χ1n) is 8.94. The Labute approximate surface area is 163 Å². The summed E-state index contributed by atoms with van der Waals surface area (Å²) in [7, 11) is 3.34. The van der Waals surface area contributed by atoms with Gasteiger partial charge >= 0.3 is 0 Å². The molecule has 27 heavy (non-hydrogen) atoms. The molecule has 0 aliphatic carbocycles. The molecule has 2 aromatic carbocycles. The first-order chi connectivity index (χ1) is 13.1. The summed E-state index contributed by atoms with van der Waals surface area (Å²) >= 11 is 1.74. The molecule has 0 aromatic heterocycles. The van der Waals surface area contributed by atoms with E-state index in [9.17, 15) is 10.1 Å². The quantitative estimate of drug-likeness (QED) is 0.293. The molecule has 3 rings (SSSR count). The number of thioether (sulfide) groups is 1. The van der Waals surface area contributed by atoms with E-state index in [-0.39, 0.29) is 10.6 Å². The second-order valence-corrected chi connectivity index (χ2v) is 7.62. The minimum absolute atomic E-state index is 0.137. The SMILES string of the molecule is COc1cc2c(cc1OC)CN(CCCSc1ccc([N+](=O)[O-])cc1)CC2. The molecule has 0 radical (unpaired) electrons. The maximum atomic E-state index is 10.7. The van der Waals surface area contributed by atoms with Crippen molar-refractivity contribution in [2.45, 2.75) is 24.3 Å². The van der Waals surface area contributed by atoms with Gasteiger partial charge in [-0.3, -0.25) is 15.0 Å². The molecular weight excluding hydrogens is 364 g/mol. The van der Waals surface area contributed by atoms with Crippen LogP contribution in [0.2, 0.25) is 0 Å². The average molecular weight is 388 g/mol. The van der Waals surface area contributed by atoms with E-state index in [1.807, 2.05) is 12.1 Å². The molecular formula is C20H24N2O4S. The molecule has 0 spiro atoms. The lowest BCUT2D eigenvalue weighted by molar-refractivity contribution is -0.384. The maximum Gasteiger partial charge on any atom is 0.269 e. The van der Waals surface area contributed by atoms with Crippen molar-refractivity contribution >= 4 is 17.4 Å². The third kappa shape index (κ3) is 4.93. The van der Waals surface area contributed by atoms with Crippen LogP contribution in [-0.4, -0.2) is 42.9 Å². The highest BCUT2D eigenvalue weighted by Crippen LogP contribution is 2.33. The largest absolute Gasteiger partial charge is 0.493 e. The summed E-state index contributed by atoms with van der Waals surface area (Å²) in [5.74, 6) is 2.57. The Hall–Kier alpha value is -2.25. The van der Waals surface area contributed by atoms with Gasteiger partial charge in [0, 0.05) is 30.1 Å². The molecule has 1 aliphatic heterocycles. The van der Waals surface area contributed by atoms with Crippen LogP contribution in [0.3, 0.4) is 0 Å². The molecule has 0 saturated heterocycles. The van der Waals surface area contributed by atoms with Gasteiger partial charge in [0.15, 0.2) is 11.5 Å². The van der Waals surface area contributed by atoms with Crippen molar-refractivity contribution in [3.8, 4) is 11.5 Å². The van der Waals surface area contributed by atoms with E-state index in [0.29, 0.717) is 0 Å². The van der Waals surface area contributed by atoms with Crippen LogP contribution in [0.4, 0.5) is 5.69 Å². The molecule has 0 saturated carbocycles. The van der Waals surface area contributed by atoms with E-state index in [4.69, 9.17) is 9.47 Å². The van der Waals surface area contributed by atoms with Crippen molar-refractivity contribution in [2.24, 2.45) is 0 Å². The van der Waals surface area contributed by atoms with Crippen molar-refractivity contribution < 1.29 is 14.4 Å². The normalized spacial score (nSPS) is 13.9. The third-order valence-corrected chi connectivity index (χ3v) is 5.83. The highest BCUT2D eigenvalue weighted by atomic mass is 32.2. The summed E-state index contributed by atoms with van der Waals surface area (Å²) in [6, 6.07) is 10.9. The molecule has 0 amide bonds. The van der Waals surface area contributed by atoms with Gasteiger partial charge in [-0.2, -0.15) is 0 Å². The first kappa shape index (κ1) is 19.5. The van der Waals surface area contributed by atoms with Crippen molar-refractivity contribution in [3.63, 3.8) is 0 Å². The Kier molecular flexibility index (Phi) is 6.58. The third-order valence-electron chi connectivity index (χ3n) is 4.73. The van der Waals surface area contributed by atoms with Crippen molar-refractivity contribution in [1.82, 2.24) is 4.90 Å². The molecule has 0 bridgehead atoms. The zero-order valence-corrected chi connectivity index (χ0v) is 16.5. The number of methoxy groups -OCH3 is 2. The van der Waals surface area contributed by atoms with Gasteiger partial charge in [-0.15, -0.1) is 11.8 Å². The maximum absolute atomic E-state index is 10.7. The van der Waals surface area contributed by atoms with E-state index >= 15 is 0 Å². The summed E-state index contributed by atoms with van der Waals surface area (Å²) in [4.78, 5) is 13.9. The first-order valence-corrected chi connectivity index (χ1v) is 9.92. The van der Waals surface area contributed by atoms with Gasteiger partial charge in [-0.05, 0) is 60.5 Å². The van der Waals surface area contributed by atoms with E-state index < -0.39 is 0 Å². The molecule has 7 heteroatoms. The van der Waals surface area contributed by atoms with Crippen LogP contribution in [0.1, 0.15) is 17.5 Å². The van der Waals surface area contributed by atoms with Crippen LogP contribution in [-0.2, 0) is 13.0 Å². The molecule has 6 nitrogen and oxygen atoms in total. The van der Waals surface area contributed by atoms with E-state index in [1.165, 1.54) is 11.1 Å². The van der Waals surface area contributed by atoms with Crippen molar-refractivity contribution in [1.29, 1.82) is 0 Å². The second kappa shape index (κ2) is 9.10. The van der Waals surface area contributed by atoms with Crippen LogP contribution in [0, 0.1) is 10.1 Å². The van der Waals surface area contributed by atoms with Gasteiger partial charge in [0.2, 0.25) is 0 Å². The number of rotatable bonds is 8. The summed E-state index contributed by atoms with van der Waals surface area (Å²) in [5, 5.41) is 10.7. The standard InChI is InChI=1S/C20H24N2O4S/c1-25-19-12-15-8-10-21(14-16(15)13-20(19)26-2)9-3-11-27-18-6-4-17(5-7-18)22(23)24/h4-7,12-13H,3,8-11,14H2,1-2H3. The Bertz CT molecular complexity index is 795. The number of nitrogens with zero attached hydrogens (tertiary/aromatic N) is 2. The van der Waals surface area contributed by atoms with Gasteiger partial charge in [0.1, 0.15) is 0 Å². The lowest BCUT2D eigenvalue weighted by Crippen LogP contribution is -2.31. The number of hydrogen-bond acceptors (Lipinski definition) is 6. The molecule has 1 heterocycles. The number of ether oxygens (including phenoxy) is 2. The smallest absolute Gasteiger partial charge is 0.269 e. The summed E-state index contributed by atoms with van der Waals surface area (Å²) in [6.45, 7) is 3.01. The van der Waals surface area contributed by atoms with E-state index in [1.54, 1.807) is 38.1 Å². The monoisotopic (exact) mass is 388 g/mol. The molecule has 2 aromatic rings. The van der Waals surface area contributed by atoms with Crippen LogP contribution in [0.5, 0.6) is 11.5 Å². The number of non-ortho nitro benzene ring substituents is 1. The van der Waals surface area contributed by atoms with Gasteiger partial charge in [0.05, 0.1) is 19.1 Å². The zero-order chi connectivity index (χ0) is 19.2. The second-order valence-electron chi connectivity index (χ2n) is 6.46. The minimum atomic E-state index is -0.368. The van der Waals surface area contributed by atoms with E-state index in [0.717, 1.165) is 54.6 Å². The fourth-order valence-electron chi connectivity index (χ4n) is 3.27. The van der Waals surface area contributed by atoms with Gasteiger partial charge in [0.25, 0.3) is 5.69 Å². The predicted octanol–water partition coefficient (Wildman–Crippen LogP) is 4.15. The Morgan fingerprint density at radius 1 is 1.11 bits per heavy atom. The number of fused-ring (bicyclic) bond motifs is 1. The fourth-order valence-corrected chi connectivity index (χ4v) is 4.11. The lowest BCUT2D eigenvalue weighted by atomic mass is 9.98. The molecule has 0 N–H and O–H groups in total. The summed E-state index contributed by atoms with van der Waals surface area (Å²) < 4.78 is 10.8. The molecule has 0 atom stereocenters. The summed E-state index contributed by atoms with van der Waals surface area (Å²) in [6.07, 6.45) is 2.09. The number of nitro benzene ring substituents is 1. The van der Waals surface area contributed by atoms with Crippen LogP contribution in [0.15, 0.2) is 41.3 Å². The molecule has 0 fully saturated rings. The average Bonchev–Trinajstić information content (AvgIpc) is 2.70.